The maximum Gasteiger partial charge on any atom is 0.387 e. The molecule has 0 bridgehead atoms. The SMILES string of the molecule is Cc1nc(COc2ccc(C(=O)O[C@H](C)C(=O)Nc3ccccc3OC(F)F)cc2)cs1. The quantitative estimate of drug-likeness (QED) is 0.459. The number of amides is 1. The second-order valence-corrected chi connectivity index (χ2v) is 7.64. The Morgan fingerprint density at radius 3 is 2.50 bits per heavy atom. The number of aryl methyl sites for hydroxylation is 1. The summed E-state index contributed by atoms with van der Waals surface area (Å²) in [5.74, 6) is -1.06. The Bertz CT molecular complexity index is 1070. The Balaban J connectivity index is 1.54. The van der Waals surface area contributed by atoms with Gasteiger partial charge in [0, 0.05) is 5.38 Å². The van der Waals surface area contributed by atoms with E-state index < -0.39 is 24.6 Å². The highest BCUT2D eigenvalue weighted by Crippen LogP contribution is 2.26. The third-order valence-electron chi connectivity index (χ3n) is 4.16. The molecule has 0 fully saturated rings. The van der Waals surface area contributed by atoms with Crippen molar-refractivity contribution in [3.8, 4) is 11.5 Å². The predicted molar refractivity (Wildman–Crippen MR) is 114 cm³/mol. The first-order valence-corrected chi connectivity index (χ1v) is 10.4. The number of thiazole rings is 1. The van der Waals surface area contributed by atoms with Gasteiger partial charge in [-0.3, -0.25) is 4.79 Å². The third-order valence-corrected chi connectivity index (χ3v) is 4.98. The molecule has 0 unspecified atom stereocenters. The van der Waals surface area contributed by atoms with Crippen molar-refractivity contribution in [2.24, 2.45) is 0 Å². The van der Waals surface area contributed by atoms with Crippen LogP contribution in [0.2, 0.25) is 0 Å². The molecule has 1 heterocycles. The molecule has 1 amide bonds. The van der Waals surface area contributed by atoms with Crippen LogP contribution in [0.15, 0.2) is 53.9 Å². The monoisotopic (exact) mass is 462 g/mol. The first-order chi connectivity index (χ1) is 15.3. The van der Waals surface area contributed by atoms with E-state index in [4.69, 9.17) is 9.47 Å². The van der Waals surface area contributed by atoms with Crippen LogP contribution < -0.4 is 14.8 Å². The Hall–Kier alpha value is -3.53. The van der Waals surface area contributed by atoms with Crippen LogP contribution in [0.25, 0.3) is 0 Å². The van der Waals surface area contributed by atoms with Gasteiger partial charge in [-0.25, -0.2) is 9.78 Å². The number of halogens is 2. The lowest BCUT2D eigenvalue weighted by Crippen LogP contribution is -2.30. The summed E-state index contributed by atoms with van der Waals surface area (Å²) < 4.78 is 40.2. The van der Waals surface area contributed by atoms with E-state index in [-0.39, 0.29) is 17.0 Å². The summed E-state index contributed by atoms with van der Waals surface area (Å²) in [5, 5.41) is 5.27. The highest BCUT2D eigenvalue weighted by Gasteiger charge is 2.21. The molecule has 1 aromatic heterocycles. The maximum atomic E-state index is 12.5. The minimum absolute atomic E-state index is 0.0394. The minimum Gasteiger partial charge on any atom is -0.487 e. The van der Waals surface area contributed by atoms with Crippen LogP contribution in [0, 0.1) is 6.92 Å². The smallest absolute Gasteiger partial charge is 0.387 e. The van der Waals surface area contributed by atoms with Gasteiger partial charge >= 0.3 is 12.6 Å². The average Bonchev–Trinajstić information content (AvgIpc) is 3.18. The van der Waals surface area contributed by atoms with Gasteiger partial charge in [0.25, 0.3) is 5.91 Å². The average molecular weight is 462 g/mol. The number of para-hydroxylation sites is 2. The summed E-state index contributed by atoms with van der Waals surface area (Å²) in [5.41, 5.74) is 1.08. The van der Waals surface area contributed by atoms with E-state index in [1.165, 1.54) is 48.6 Å². The van der Waals surface area contributed by atoms with Gasteiger partial charge in [-0.05, 0) is 50.2 Å². The van der Waals surface area contributed by atoms with Crippen molar-refractivity contribution in [2.75, 3.05) is 5.32 Å². The van der Waals surface area contributed by atoms with Gasteiger partial charge in [-0.15, -0.1) is 11.3 Å². The van der Waals surface area contributed by atoms with Crippen LogP contribution in [0.4, 0.5) is 14.5 Å². The number of rotatable bonds is 9. The fraction of sp³-hybridized carbons (Fsp3) is 0.227. The molecular formula is C22H20F2N2O5S. The third kappa shape index (κ3) is 6.48. The molecule has 7 nitrogen and oxygen atoms in total. The molecule has 0 aliphatic heterocycles. The van der Waals surface area contributed by atoms with Crippen LogP contribution in [-0.4, -0.2) is 29.6 Å². The first kappa shape index (κ1) is 23.1. The van der Waals surface area contributed by atoms with E-state index in [0.717, 1.165) is 10.7 Å². The topological polar surface area (TPSA) is 86.8 Å². The van der Waals surface area contributed by atoms with E-state index >= 15 is 0 Å². The number of alkyl halides is 2. The number of hydrogen-bond acceptors (Lipinski definition) is 7. The van der Waals surface area contributed by atoms with E-state index in [1.54, 1.807) is 18.2 Å². The van der Waals surface area contributed by atoms with Crippen molar-refractivity contribution in [2.45, 2.75) is 33.2 Å². The van der Waals surface area contributed by atoms with Crippen LogP contribution in [-0.2, 0) is 16.1 Å². The van der Waals surface area contributed by atoms with Crippen molar-refractivity contribution in [1.82, 2.24) is 4.98 Å². The Morgan fingerprint density at radius 2 is 1.84 bits per heavy atom. The lowest BCUT2D eigenvalue weighted by Gasteiger charge is -2.16. The number of carbonyl (C=O) groups is 2. The van der Waals surface area contributed by atoms with Gasteiger partial charge in [0.1, 0.15) is 18.1 Å². The normalized spacial score (nSPS) is 11.7. The van der Waals surface area contributed by atoms with Crippen molar-refractivity contribution in [3.05, 3.63) is 70.2 Å². The standard InChI is InChI=1S/C22H20F2N2O5S/c1-13(20(27)26-18-5-3-4-6-19(18)31-22(23)24)30-21(28)15-7-9-17(10-8-15)29-11-16-12-32-14(2)25-16/h3-10,12-13,22H,11H2,1-2H3,(H,26,27)/t13-/m1/s1. The molecule has 0 aliphatic rings. The van der Waals surface area contributed by atoms with Crippen molar-refractivity contribution >= 4 is 28.9 Å². The molecule has 0 saturated carbocycles. The molecule has 0 radical (unpaired) electrons. The van der Waals surface area contributed by atoms with Crippen LogP contribution in [0.3, 0.4) is 0 Å². The second-order valence-electron chi connectivity index (χ2n) is 6.58. The molecule has 0 spiro atoms. The lowest BCUT2D eigenvalue weighted by molar-refractivity contribution is -0.123. The molecule has 2 aromatic carbocycles. The zero-order valence-corrected chi connectivity index (χ0v) is 18.0. The Morgan fingerprint density at radius 1 is 1.12 bits per heavy atom. The van der Waals surface area contributed by atoms with Crippen LogP contribution >= 0.6 is 11.3 Å². The number of aromatic nitrogens is 1. The zero-order valence-electron chi connectivity index (χ0n) is 17.2. The number of hydrogen-bond donors (Lipinski definition) is 1. The number of esters is 1. The van der Waals surface area contributed by atoms with Gasteiger partial charge in [-0.2, -0.15) is 8.78 Å². The summed E-state index contributed by atoms with van der Waals surface area (Å²) in [6.45, 7) is 0.547. The fourth-order valence-electron chi connectivity index (χ4n) is 2.60. The van der Waals surface area contributed by atoms with Crippen LogP contribution in [0.5, 0.6) is 11.5 Å². The first-order valence-electron chi connectivity index (χ1n) is 9.51. The van der Waals surface area contributed by atoms with E-state index in [1.807, 2.05) is 12.3 Å². The molecule has 168 valence electrons. The van der Waals surface area contributed by atoms with Gasteiger partial charge < -0.3 is 19.5 Å². The molecule has 1 N–H and O–H groups in total. The predicted octanol–water partition coefficient (Wildman–Crippen LogP) is 4.82. The molecule has 10 heteroatoms. The molecule has 0 saturated heterocycles. The van der Waals surface area contributed by atoms with Gasteiger partial charge in [0.15, 0.2) is 6.10 Å². The molecular weight excluding hydrogens is 442 g/mol. The van der Waals surface area contributed by atoms with E-state index in [9.17, 15) is 18.4 Å². The van der Waals surface area contributed by atoms with Crippen molar-refractivity contribution in [3.63, 3.8) is 0 Å². The number of anilines is 1. The van der Waals surface area contributed by atoms with E-state index in [2.05, 4.69) is 15.0 Å². The summed E-state index contributed by atoms with van der Waals surface area (Å²) in [6, 6.07) is 12.0. The summed E-state index contributed by atoms with van der Waals surface area (Å²) in [6.07, 6.45) is -1.18. The summed E-state index contributed by atoms with van der Waals surface area (Å²) in [7, 11) is 0. The number of nitrogens with zero attached hydrogens (tertiary/aromatic N) is 1. The highest BCUT2D eigenvalue weighted by molar-refractivity contribution is 7.09. The van der Waals surface area contributed by atoms with Crippen LogP contribution in [0.1, 0.15) is 28.0 Å². The van der Waals surface area contributed by atoms with Crippen molar-refractivity contribution in [1.29, 1.82) is 0 Å². The molecule has 3 aromatic rings. The van der Waals surface area contributed by atoms with Gasteiger partial charge in [0.2, 0.25) is 0 Å². The fourth-order valence-corrected chi connectivity index (χ4v) is 3.20. The molecule has 1 atom stereocenters. The number of carbonyl (C=O) groups excluding carboxylic acids is 2. The van der Waals surface area contributed by atoms with Gasteiger partial charge in [-0.1, -0.05) is 12.1 Å². The number of nitrogens with one attached hydrogen (secondary N) is 1. The van der Waals surface area contributed by atoms with Crippen molar-refractivity contribution < 1.29 is 32.6 Å². The van der Waals surface area contributed by atoms with E-state index in [0.29, 0.717) is 12.4 Å². The number of benzene rings is 2. The number of ether oxygens (including phenoxy) is 3. The Labute approximate surface area is 187 Å². The zero-order chi connectivity index (χ0) is 23.1. The summed E-state index contributed by atoms with van der Waals surface area (Å²) in [4.78, 5) is 29.0. The Kier molecular flexibility index (Phi) is 7.72. The molecule has 0 aliphatic carbocycles. The molecule has 32 heavy (non-hydrogen) atoms. The minimum atomic E-state index is -3.04. The largest absolute Gasteiger partial charge is 0.487 e. The highest BCUT2D eigenvalue weighted by atomic mass is 32.1. The lowest BCUT2D eigenvalue weighted by atomic mass is 10.2. The molecule has 3 rings (SSSR count). The van der Waals surface area contributed by atoms with Gasteiger partial charge in [0.05, 0.1) is 22.0 Å². The maximum absolute atomic E-state index is 12.5. The second kappa shape index (κ2) is 10.7. The summed E-state index contributed by atoms with van der Waals surface area (Å²) >= 11 is 1.53.